The van der Waals surface area contributed by atoms with Crippen LogP contribution in [0.5, 0.6) is 0 Å². The molecule has 0 aliphatic rings. The molecule has 0 aromatic heterocycles. The fourth-order valence-corrected chi connectivity index (χ4v) is 2.08. The van der Waals surface area contributed by atoms with E-state index in [1.807, 2.05) is 38.2 Å². The molecule has 4 heteroatoms. The Labute approximate surface area is 117 Å². The average molecular weight is 314 g/mol. The van der Waals surface area contributed by atoms with Crippen molar-refractivity contribution >= 4 is 21.8 Å². The second-order valence-electron chi connectivity index (χ2n) is 4.46. The summed E-state index contributed by atoms with van der Waals surface area (Å²) in [5.41, 5.74) is 1.13. The molecular weight excluding hydrogens is 294 g/mol. The number of methoxy groups -OCH3 is 1. The van der Waals surface area contributed by atoms with Gasteiger partial charge in [-0.1, -0.05) is 28.1 Å². The number of rotatable bonds is 6. The van der Waals surface area contributed by atoms with E-state index in [4.69, 9.17) is 4.74 Å². The molecule has 0 aliphatic carbocycles. The number of benzene rings is 1. The molecule has 3 nitrogen and oxygen atoms in total. The van der Waals surface area contributed by atoms with E-state index < -0.39 is 0 Å². The smallest absolute Gasteiger partial charge is 0.222 e. The number of carbonyl (C=O) groups is 1. The third kappa shape index (κ3) is 5.19. The maximum absolute atomic E-state index is 11.9. The molecule has 0 spiro atoms. The van der Waals surface area contributed by atoms with Gasteiger partial charge in [0.1, 0.15) is 0 Å². The highest BCUT2D eigenvalue weighted by atomic mass is 79.9. The Morgan fingerprint density at radius 2 is 2.22 bits per heavy atom. The monoisotopic (exact) mass is 313 g/mol. The van der Waals surface area contributed by atoms with Crippen LogP contribution >= 0.6 is 15.9 Å². The van der Waals surface area contributed by atoms with E-state index in [-0.39, 0.29) is 12.0 Å². The van der Waals surface area contributed by atoms with Crippen LogP contribution in [0.3, 0.4) is 0 Å². The minimum absolute atomic E-state index is 0.133. The largest absolute Gasteiger partial charge is 0.382 e. The lowest BCUT2D eigenvalue weighted by Crippen LogP contribution is -2.26. The van der Waals surface area contributed by atoms with Crippen LogP contribution in [0.25, 0.3) is 0 Å². The standard InChI is InChI=1S/C14H20BrNO2/c1-11(18-3)7-8-14(17)16(2)10-12-5-4-6-13(15)9-12/h4-6,9,11H,7-8,10H2,1-3H3. The van der Waals surface area contributed by atoms with E-state index in [1.165, 1.54) is 0 Å². The fourth-order valence-electron chi connectivity index (χ4n) is 1.63. The van der Waals surface area contributed by atoms with Crippen LogP contribution in [0.15, 0.2) is 28.7 Å². The lowest BCUT2D eigenvalue weighted by Gasteiger charge is -2.18. The van der Waals surface area contributed by atoms with Crippen LogP contribution in [0.2, 0.25) is 0 Å². The van der Waals surface area contributed by atoms with Gasteiger partial charge in [0.15, 0.2) is 0 Å². The summed E-state index contributed by atoms with van der Waals surface area (Å²) in [4.78, 5) is 13.7. The summed E-state index contributed by atoms with van der Waals surface area (Å²) in [5, 5.41) is 0. The van der Waals surface area contributed by atoms with Crippen molar-refractivity contribution in [3.8, 4) is 0 Å². The summed E-state index contributed by atoms with van der Waals surface area (Å²) >= 11 is 3.43. The van der Waals surface area contributed by atoms with E-state index in [0.717, 1.165) is 16.5 Å². The molecule has 0 N–H and O–H groups in total. The highest BCUT2D eigenvalue weighted by molar-refractivity contribution is 9.10. The highest BCUT2D eigenvalue weighted by Gasteiger charge is 2.11. The third-order valence-corrected chi connectivity index (χ3v) is 3.39. The molecule has 1 aromatic carbocycles. The average Bonchev–Trinajstić information content (AvgIpc) is 2.35. The summed E-state index contributed by atoms with van der Waals surface area (Å²) in [6.45, 7) is 2.61. The molecule has 1 aromatic rings. The molecule has 0 aliphatic heterocycles. The van der Waals surface area contributed by atoms with Gasteiger partial charge in [0.2, 0.25) is 5.91 Å². The summed E-state index contributed by atoms with van der Waals surface area (Å²) < 4.78 is 6.17. The van der Waals surface area contributed by atoms with Crippen LogP contribution in [0.4, 0.5) is 0 Å². The quantitative estimate of drug-likeness (QED) is 0.807. The molecule has 0 heterocycles. The van der Waals surface area contributed by atoms with Crippen molar-refractivity contribution in [2.45, 2.75) is 32.4 Å². The molecular formula is C14H20BrNO2. The number of hydrogen-bond acceptors (Lipinski definition) is 2. The Kier molecular flexibility index (Phi) is 6.36. The second-order valence-corrected chi connectivity index (χ2v) is 5.38. The first-order valence-electron chi connectivity index (χ1n) is 6.04. The van der Waals surface area contributed by atoms with Gasteiger partial charge in [-0.15, -0.1) is 0 Å². The van der Waals surface area contributed by atoms with Crippen molar-refractivity contribution < 1.29 is 9.53 Å². The molecule has 100 valence electrons. The summed E-state index contributed by atoms with van der Waals surface area (Å²) in [7, 11) is 3.50. The Bertz CT molecular complexity index is 395. The van der Waals surface area contributed by atoms with Crippen molar-refractivity contribution in [3.63, 3.8) is 0 Å². The summed E-state index contributed by atoms with van der Waals surface area (Å²) in [5.74, 6) is 0.152. The van der Waals surface area contributed by atoms with E-state index in [1.54, 1.807) is 12.0 Å². The Morgan fingerprint density at radius 1 is 1.50 bits per heavy atom. The van der Waals surface area contributed by atoms with Gasteiger partial charge in [0.05, 0.1) is 6.10 Å². The first-order valence-corrected chi connectivity index (χ1v) is 6.83. The Balaban J connectivity index is 2.45. The van der Waals surface area contributed by atoms with Gasteiger partial charge in [0, 0.05) is 31.6 Å². The number of ether oxygens (including phenoxy) is 1. The van der Waals surface area contributed by atoms with E-state index in [2.05, 4.69) is 15.9 Å². The second kappa shape index (κ2) is 7.54. The van der Waals surface area contributed by atoms with Gasteiger partial charge in [-0.05, 0) is 31.0 Å². The maximum Gasteiger partial charge on any atom is 0.222 e. The van der Waals surface area contributed by atoms with Gasteiger partial charge in [-0.3, -0.25) is 4.79 Å². The highest BCUT2D eigenvalue weighted by Crippen LogP contribution is 2.13. The molecule has 0 saturated carbocycles. The SMILES string of the molecule is COC(C)CCC(=O)N(C)Cc1cccc(Br)c1. The van der Waals surface area contributed by atoms with E-state index >= 15 is 0 Å². The number of carbonyl (C=O) groups excluding carboxylic acids is 1. The van der Waals surface area contributed by atoms with E-state index in [9.17, 15) is 4.79 Å². The van der Waals surface area contributed by atoms with Crippen LogP contribution in [0, 0.1) is 0 Å². The fraction of sp³-hybridized carbons (Fsp3) is 0.500. The molecule has 1 rings (SSSR count). The zero-order valence-electron chi connectivity index (χ0n) is 11.1. The van der Waals surface area contributed by atoms with Gasteiger partial charge in [-0.25, -0.2) is 0 Å². The summed E-state index contributed by atoms with van der Waals surface area (Å²) in [6, 6.07) is 8.00. The zero-order chi connectivity index (χ0) is 13.5. The predicted molar refractivity (Wildman–Crippen MR) is 76.3 cm³/mol. The number of halogens is 1. The topological polar surface area (TPSA) is 29.5 Å². The number of hydrogen-bond donors (Lipinski definition) is 0. The van der Waals surface area contributed by atoms with Crippen molar-refractivity contribution in [1.82, 2.24) is 4.90 Å². The Morgan fingerprint density at radius 3 is 2.83 bits per heavy atom. The van der Waals surface area contributed by atoms with Crippen molar-refractivity contribution in [2.75, 3.05) is 14.2 Å². The van der Waals surface area contributed by atoms with Crippen LogP contribution in [0.1, 0.15) is 25.3 Å². The molecule has 1 amide bonds. The van der Waals surface area contributed by atoms with Crippen LogP contribution in [-0.4, -0.2) is 31.1 Å². The number of amides is 1. The number of nitrogens with zero attached hydrogens (tertiary/aromatic N) is 1. The minimum Gasteiger partial charge on any atom is -0.382 e. The van der Waals surface area contributed by atoms with Crippen molar-refractivity contribution in [3.05, 3.63) is 34.3 Å². The molecule has 0 saturated heterocycles. The summed E-state index contributed by atoms with van der Waals surface area (Å²) in [6.07, 6.45) is 1.42. The lowest BCUT2D eigenvalue weighted by molar-refractivity contribution is -0.131. The maximum atomic E-state index is 11.9. The molecule has 0 radical (unpaired) electrons. The Hall–Kier alpha value is -0.870. The van der Waals surface area contributed by atoms with Crippen LogP contribution in [-0.2, 0) is 16.1 Å². The normalized spacial score (nSPS) is 12.2. The van der Waals surface area contributed by atoms with Crippen molar-refractivity contribution in [1.29, 1.82) is 0 Å². The first kappa shape index (κ1) is 15.2. The minimum atomic E-state index is 0.133. The molecule has 1 atom stereocenters. The van der Waals surface area contributed by atoms with Gasteiger partial charge in [-0.2, -0.15) is 0 Å². The van der Waals surface area contributed by atoms with Gasteiger partial charge >= 0.3 is 0 Å². The van der Waals surface area contributed by atoms with Gasteiger partial charge < -0.3 is 9.64 Å². The zero-order valence-corrected chi connectivity index (χ0v) is 12.7. The molecule has 18 heavy (non-hydrogen) atoms. The molecule has 0 bridgehead atoms. The van der Waals surface area contributed by atoms with Gasteiger partial charge in [0.25, 0.3) is 0 Å². The first-order chi connectivity index (χ1) is 8.52. The van der Waals surface area contributed by atoms with Crippen molar-refractivity contribution in [2.24, 2.45) is 0 Å². The molecule has 1 unspecified atom stereocenters. The molecule has 0 fully saturated rings. The van der Waals surface area contributed by atoms with Crippen LogP contribution < -0.4 is 0 Å². The van der Waals surface area contributed by atoms with E-state index in [0.29, 0.717) is 13.0 Å². The lowest BCUT2D eigenvalue weighted by atomic mass is 10.2. The predicted octanol–water partition coefficient (Wildman–Crippen LogP) is 3.22. The third-order valence-electron chi connectivity index (χ3n) is 2.90.